The molecule has 2 aliphatic rings. The minimum Gasteiger partial charge on any atom is -0.495 e. The molecule has 0 aliphatic carbocycles. The predicted octanol–water partition coefficient (Wildman–Crippen LogP) is 3.72. The summed E-state index contributed by atoms with van der Waals surface area (Å²) in [5.41, 5.74) is 1.19. The molecule has 2 aliphatic heterocycles. The van der Waals surface area contributed by atoms with Crippen LogP contribution < -0.4 is 14.2 Å². The monoisotopic (exact) mass is 423 g/mol. The number of hydrogen-bond donors (Lipinski definition) is 0. The van der Waals surface area contributed by atoms with Gasteiger partial charge in [0.1, 0.15) is 10.6 Å². The largest absolute Gasteiger partial charge is 0.495 e. The van der Waals surface area contributed by atoms with Crippen LogP contribution in [0.5, 0.6) is 17.2 Å². The topological polar surface area (TPSA) is 65.1 Å². The molecule has 8 heteroatoms. The first-order valence-corrected chi connectivity index (χ1v) is 11.0. The van der Waals surface area contributed by atoms with E-state index in [-0.39, 0.29) is 17.4 Å². The molecule has 6 nitrogen and oxygen atoms in total. The molecule has 0 atom stereocenters. The Labute approximate surface area is 170 Å². The quantitative estimate of drug-likeness (QED) is 0.733. The Morgan fingerprint density at radius 1 is 1.11 bits per heavy atom. The molecular weight excluding hydrogens is 402 g/mol. The van der Waals surface area contributed by atoms with Gasteiger partial charge in [0.15, 0.2) is 11.5 Å². The van der Waals surface area contributed by atoms with E-state index < -0.39 is 10.0 Å². The van der Waals surface area contributed by atoms with Crippen LogP contribution in [0.2, 0.25) is 5.02 Å². The lowest BCUT2D eigenvalue weighted by Crippen LogP contribution is -2.39. The van der Waals surface area contributed by atoms with E-state index >= 15 is 0 Å². The van der Waals surface area contributed by atoms with Crippen molar-refractivity contribution >= 4 is 21.6 Å². The second kappa shape index (κ2) is 7.81. The van der Waals surface area contributed by atoms with Crippen LogP contribution in [-0.2, 0) is 16.4 Å². The number of methoxy groups -OCH3 is 1. The minimum atomic E-state index is -3.61. The highest BCUT2D eigenvalue weighted by atomic mass is 35.5. The Kier molecular flexibility index (Phi) is 5.40. The molecule has 0 radical (unpaired) electrons. The van der Waals surface area contributed by atoms with E-state index in [2.05, 4.69) is 6.07 Å². The highest BCUT2D eigenvalue weighted by Crippen LogP contribution is 2.35. The third-order valence-electron chi connectivity index (χ3n) is 5.28. The fraction of sp³-hybridized carbons (Fsp3) is 0.400. The third-order valence-corrected chi connectivity index (χ3v) is 7.45. The van der Waals surface area contributed by atoms with Crippen molar-refractivity contribution in [2.75, 3.05) is 27.0 Å². The maximum Gasteiger partial charge on any atom is 0.246 e. The van der Waals surface area contributed by atoms with Gasteiger partial charge in [0.2, 0.25) is 16.8 Å². The zero-order chi connectivity index (χ0) is 19.7. The number of halogens is 1. The zero-order valence-corrected chi connectivity index (χ0v) is 17.1. The van der Waals surface area contributed by atoms with Crippen LogP contribution >= 0.6 is 11.6 Å². The van der Waals surface area contributed by atoms with Crippen LogP contribution in [0.3, 0.4) is 0 Å². The van der Waals surface area contributed by atoms with Gasteiger partial charge in [-0.15, -0.1) is 0 Å². The Bertz CT molecular complexity index is 971. The van der Waals surface area contributed by atoms with E-state index in [4.69, 9.17) is 25.8 Å². The molecule has 0 saturated carbocycles. The first kappa shape index (κ1) is 19.4. The Morgan fingerprint density at radius 2 is 1.86 bits per heavy atom. The number of hydrogen-bond acceptors (Lipinski definition) is 5. The summed E-state index contributed by atoms with van der Waals surface area (Å²) in [5, 5.41) is 0.443. The molecule has 0 N–H and O–H groups in total. The summed E-state index contributed by atoms with van der Waals surface area (Å²) in [7, 11) is -2.17. The highest BCUT2D eigenvalue weighted by molar-refractivity contribution is 7.89. The number of nitrogens with zero attached hydrogens (tertiary/aromatic N) is 1. The molecule has 4 rings (SSSR count). The van der Waals surface area contributed by atoms with E-state index in [1.54, 1.807) is 6.07 Å². The van der Waals surface area contributed by atoms with Crippen LogP contribution in [0.1, 0.15) is 18.4 Å². The summed E-state index contributed by atoms with van der Waals surface area (Å²) in [6.07, 6.45) is 2.52. The van der Waals surface area contributed by atoms with Crippen LogP contribution in [-0.4, -0.2) is 39.7 Å². The van der Waals surface area contributed by atoms with Crippen molar-refractivity contribution in [3.05, 3.63) is 47.0 Å². The van der Waals surface area contributed by atoms with Gasteiger partial charge >= 0.3 is 0 Å². The molecule has 2 aromatic carbocycles. The van der Waals surface area contributed by atoms with Crippen LogP contribution in [0, 0.1) is 5.92 Å². The molecule has 0 spiro atoms. The maximum absolute atomic E-state index is 13.0. The molecular formula is C20H22ClNO5S. The summed E-state index contributed by atoms with van der Waals surface area (Å²) in [6.45, 7) is 1.25. The summed E-state index contributed by atoms with van der Waals surface area (Å²) >= 11 is 5.96. The molecule has 0 bridgehead atoms. The van der Waals surface area contributed by atoms with E-state index in [9.17, 15) is 8.42 Å². The van der Waals surface area contributed by atoms with Crippen molar-refractivity contribution in [1.29, 1.82) is 0 Å². The van der Waals surface area contributed by atoms with Gasteiger partial charge in [0.05, 0.1) is 7.11 Å². The van der Waals surface area contributed by atoms with E-state index in [0.717, 1.165) is 30.8 Å². The molecule has 1 fully saturated rings. The average Bonchev–Trinajstić information content (AvgIpc) is 3.16. The Morgan fingerprint density at radius 3 is 2.61 bits per heavy atom. The summed E-state index contributed by atoms with van der Waals surface area (Å²) in [5.74, 6) is 2.27. The van der Waals surface area contributed by atoms with Crippen molar-refractivity contribution in [3.8, 4) is 17.2 Å². The zero-order valence-electron chi connectivity index (χ0n) is 15.6. The molecule has 1 saturated heterocycles. The number of benzene rings is 2. The van der Waals surface area contributed by atoms with Gasteiger partial charge < -0.3 is 14.2 Å². The fourth-order valence-electron chi connectivity index (χ4n) is 3.75. The van der Waals surface area contributed by atoms with Gasteiger partial charge in [-0.25, -0.2) is 8.42 Å². The van der Waals surface area contributed by atoms with Crippen molar-refractivity contribution in [2.24, 2.45) is 5.92 Å². The Balaban J connectivity index is 1.42. The molecule has 2 aromatic rings. The van der Waals surface area contributed by atoms with Crippen LogP contribution in [0.25, 0.3) is 0 Å². The predicted molar refractivity (Wildman–Crippen MR) is 106 cm³/mol. The lowest BCUT2D eigenvalue weighted by atomic mass is 9.91. The smallest absolute Gasteiger partial charge is 0.246 e. The van der Waals surface area contributed by atoms with Gasteiger partial charge in [-0.3, -0.25) is 0 Å². The van der Waals surface area contributed by atoms with E-state index in [1.807, 2.05) is 12.1 Å². The summed E-state index contributed by atoms with van der Waals surface area (Å²) < 4.78 is 43.6. The number of ether oxygens (including phenoxy) is 3. The second-order valence-corrected chi connectivity index (χ2v) is 9.38. The van der Waals surface area contributed by atoms with Crippen molar-refractivity contribution in [2.45, 2.75) is 24.2 Å². The second-order valence-electron chi connectivity index (χ2n) is 7.03. The highest BCUT2D eigenvalue weighted by Gasteiger charge is 2.31. The molecule has 2 heterocycles. The summed E-state index contributed by atoms with van der Waals surface area (Å²) in [4.78, 5) is 0.161. The summed E-state index contributed by atoms with van der Waals surface area (Å²) in [6, 6.07) is 10.6. The average molecular weight is 424 g/mol. The molecule has 0 aromatic heterocycles. The van der Waals surface area contributed by atoms with Crippen molar-refractivity contribution in [1.82, 2.24) is 4.31 Å². The van der Waals surface area contributed by atoms with E-state index in [1.165, 1.54) is 29.1 Å². The van der Waals surface area contributed by atoms with Crippen LogP contribution in [0.4, 0.5) is 0 Å². The third kappa shape index (κ3) is 3.79. The Hall–Kier alpha value is -1.96. The van der Waals surface area contributed by atoms with Crippen LogP contribution in [0.15, 0.2) is 41.3 Å². The normalized spacial score (nSPS) is 17.6. The molecule has 0 amide bonds. The number of rotatable bonds is 5. The van der Waals surface area contributed by atoms with Crippen molar-refractivity contribution in [3.63, 3.8) is 0 Å². The number of sulfonamides is 1. The fourth-order valence-corrected chi connectivity index (χ4v) is 5.52. The number of fused-ring (bicyclic) bond motifs is 1. The van der Waals surface area contributed by atoms with Crippen molar-refractivity contribution < 1.29 is 22.6 Å². The van der Waals surface area contributed by atoms with Gasteiger partial charge in [-0.05, 0) is 55.0 Å². The maximum atomic E-state index is 13.0. The first-order valence-electron chi connectivity index (χ1n) is 9.19. The van der Waals surface area contributed by atoms with E-state index in [0.29, 0.717) is 24.0 Å². The molecule has 0 unspecified atom stereocenters. The van der Waals surface area contributed by atoms with Gasteiger partial charge in [-0.1, -0.05) is 17.7 Å². The van der Waals surface area contributed by atoms with Gasteiger partial charge in [0.25, 0.3) is 0 Å². The lowest BCUT2D eigenvalue weighted by molar-refractivity contribution is 0.174. The molecule has 150 valence electrons. The number of piperidine rings is 1. The minimum absolute atomic E-state index is 0.161. The molecule has 28 heavy (non-hydrogen) atoms. The lowest BCUT2D eigenvalue weighted by Gasteiger charge is -2.31. The van der Waals surface area contributed by atoms with Gasteiger partial charge in [-0.2, -0.15) is 4.31 Å². The first-order chi connectivity index (χ1) is 13.5. The SMILES string of the molecule is COc1cc(Cl)ccc1S(=O)(=O)N1CCC(Cc2ccc3c(c2)OCO3)CC1. The van der Waals surface area contributed by atoms with Gasteiger partial charge in [0, 0.05) is 24.2 Å². The standard InChI is InChI=1S/C20H22ClNO5S/c1-25-19-12-16(21)3-5-20(19)28(23,24)22-8-6-14(7-9-22)10-15-2-4-17-18(11-15)27-13-26-17/h2-5,11-12,14H,6-10,13H2,1H3.